The van der Waals surface area contributed by atoms with Gasteiger partial charge < -0.3 is 0 Å². The Morgan fingerprint density at radius 2 is 1.73 bits per heavy atom. The molecule has 7 heteroatoms. The van der Waals surface area contributed by atoms with Crippen molar-refractivity contribution in [2.75, 3.05) is 5.01 Å². The summed E-state index contributed by atoms with van der Waals surface area (Å²) in [6.07, 6.45) is 7.07. The molecule has 30 heavy (non-hydrogen) atoms. The number of hydrogen-bond donors (Lipinski definition) is 0. The van der Waals surface area contributed by atoms with E-state index in [4.69, 9.17) is 0 Å². The largest absolute Gasteiger partial charge is 0.294 e. The monoisotopic (exact) mass is 424 g/mol. The third-order valence-electron chi connectivity index (χ3n) is 5.96. The van der Waals surface area contributed by atoms with E-state index in [0.717, 1.165) is 5.56 Å². The first-order valence-electron chi connectivity index (χ1n) is 10.9. The molecular formula is C23H28N4O2S. The average molecular weight is 425 g/mol. The maximum Gasteiger partial charge on any atom is 0.246 e. The molecule has 0 bridgehead atoms. The molecule has 158 valence electrons. The van der Waals surface area contributed by atoms with Gasteiger partial charge in [-0.1, -0.05) is 57.4 Å². The summed E-state index contributed by atoms with van der Waals surface area (Å²) in [7, 11) is 0. The van der Waals surface area contributed by atoms with E-state index in [1.165, 1.54) is 49.4 Å². The van der Waals surface area contributed by atoms with E-state index in [1.54, 1.807) is 9.69 Å². The first-order valence-corrected chi connectivity index (χ1v) is 11.7. The van der Waals surface area contributed by atoms with Crippen molar-refractivity contribution < 1.29 is 9.59 Å². The van der Waals surface area contributed by atoms with Gasteiger partial charge in [-0.3, -0.25) is 9.59 Å². The molecule has 1 aromatic heterocycles. The van der Waals surface area contributed by atoms with Gasteiger partial charge in [0.2, 0.25) is 11.1 Å². The summed E-state index contributed by atoms with van der Waals surface area (Å²) in [5.41, 5.74) is 2.86. The highest BCUT2D eigenvalue weighted by Gasteiger charge is 2.35. The Morgan fingerprint density at radius 3 is 2.37 bits per heavy atom. The Morgan fingerprint density at radius 1 is 1.03 bits per heavy atom. The van der Waals surface area contributed by atoms with Gasteiger partial charge in [0.15, 0.2) is 11.6 Å². The number of fused-ring (bicyclic) bond motifs is 1. The molecule has 1 aromatic carbocycles. The minimum Gasteiger partial charge on any atom is -0.294 e. The van der Waals surface area contributed by atoms with Gasteiger partial charge in [-0.05, 0) is 43.0 Å². The molecule has 0 radical (unpaired) electrons. The van der Waals surface area contributed by atoms with Crippen LogP contribution in [0.2, 0.25) is 0 Å². The number of thioether (sulfide) groups is 1. The van der Waals surface area contributed by atoms with Crippen molar-refractivity contribution in [1.29, 1.82) is 0 Å². The molecule has 0 atom stereocenters. The molecule has 0 N–H and O–H groups in total. The minimum atomic E-state index is -0.0905. The fourth-order valence-corrected chi connectivity index (χ4v) is 5.43. The predicted molar refractivity (Wildman–Crippen MR) is 119 cm³/mol. The lowest BCUT2D eigenvalue weighted by molar-refractivity contribution is -0.119. The van der Waals surface area contributed by atoms with Crippen LogP contribution >= 0.6 is 11.8 Å². The van der Waals surface area contributed by atoms with Crippen LogP contribution in [0, 0.1) is 6.92 Å². The van der Waals surface area contributed by atoms with Crippen molar-refractivity contribution in [2.24, 2.45) is 0 Å². The summed E-state index contributed by atoms with van der Waals surface area (Å²) in [5, 5.41) is 10.5. The molecular weight excluding hydrogens is 396 g/mol. The SMILES string of the molecule is CCC(=O)C1=C(c2ccc(C3CCCCC3)cc2)N(C(=O)CC)n2c(C)nnc2S1. The fraction of sp³-hybridized carbons (Fsp3) is 0.478. The van der Waals surface area contributed by atoms with Crippen LogP contribution in [0.4, 0.5) is 0 Å². The average Bonchev–Trinajstić information content (AvgIpc) is 3.18. The second kappa shape index (κ2) is 8.76. The lowest BCUT2D eigenvalue weighted by Crippen LogP contribution is -2.42. The fourth-order valence-electron chi connectivity index (χ4n) is 4.31. The number of amides is 1. The quantitative estimate of drug-likeness (QED) is 0.678. The number of aromatic nitrogens is 3. The molecule has 0 unspecified atom stereocenters. The molecule has 2 aliphatic rings. The van der Waals surface area contributed by atoms with Gasteiger partial charge in [0.1, 0.15) is 0 Å². The van der Waals surface area contributed by atoms with Crippen molar-refractivity contribution in [3.05, 3.63) is 46.1 Å². The maximum atomic E-state index is 13.0. The van der Waals surface area contributed by atoms with Crippen LogP contribution in [-0.4, -0.2) is 26.6 Å². The van der Waals surface area contributed by atoms with Gasteiger partial charge in [0, 0.05) is 18.4 Å². The summed E-state index contributed by atoms with van der Waals surface area (Å²) in [5.74, 6) is 1.15. The standard InChI is InChI=1S/C23H28N4O2S/c1-4-19(28)22-21(18-13-11-17(12-14-18)16-9-7-6-8-10-16)27(20(29)5-2)26-15(3)24-25-23(26)30-22/h11-14,16H,4-10H2,1-3H3. The van der Waals surface area contributed by atoms with Crippen molar-refractivity contribution in [1.82, 2.24) is 14.9 Å². The summed E-state index contributed by atoms with van der Waals surface area (Å²) >= 11 is 1.30. The predicted octanol–water partition coefficient (Wildman–Crippen LogP) is 4.96. The van der Waals surface area contributed by atoms with Crippen molar-refractivity contribution >= 4 is 29.1 Å². The molecule has 0 spiro atoms. The second-order valence-corrected chi connectivity index (χ2v) is 8.89. The number of benzene rings is 1. The molecule has 1 saturated carbocycles. The summed E-state index contributed by atoms with van der Waals surface area (Å²) in [6, 6.07) is 8.45. The Kier molecular flexibility index (Phi) is 6.09. The number of Topliss-reactive ketones (excluding diaryl/α,β-unsaturated/α-hetero) is 1. The molecule has 1 aliphatic heterocycles. The zero-order valence-electron chi connectivity index (χ0n) is 17.9. The number of allylic oxidation sites excluding steroid dienone is 1. The van der Waals surface area contributed by atoms with E-state index in [0.29, 0.717) is 40.3 Å². The molecule has 0 saturated heterocycles. The minimum absolute atomic E-state index is 0.00663. The van der Waals surface area contributed by atoms with E-state index in [-0.39, 0.29) is 11.7 Å². The van der Waals surface area contributed by atoms with Crippen molar-refractivity contribution in [2.45, 2.75) is 76.8 Å². The van der Waals surface area contributed by atoms with Gasteiger partial charge >= 0.3 is 0 Å². The third-order valence-corrected chi connectivity index (χ3v) is 7.02. The van der Waals surface area contributed by atoms with Crippen molar-refractivity contribution in [3.8, 4) is 0 Å². The molecule has 1 fully saturated rings. The Labute approximate surface area is 181 Å². The van der Waals surface area contributed by atoms with Gasteiger partial charge in [-0.15, -0.1) is 10.2 Å². The first-order chi connectivity index (χ1) is 14.5. The van der Waals surface area contributed by atoms with Crippen LogP contribution in [0.15, 0.2) is 34.3 Å². The van der Waals surface area contributed by atoms with Gasteiger partial charge in [-0.2, -0.15) is 0 Å². The molecule has 1 aliphatic carbocycles. The summed E-state index contributed by atoms with van der Waals surface area (Å²) in [4.78, 5) is 26.5. The number of nitrogens with zero attached hydrogens (tertiary/aromatic N) is 4. The van der Waals surface area contributed by atoms with Crippen LogP contribution in [0.5, 0.6) is 0 Å². The Balaban J connectivity index is 1.81. The lowest BCUT2D eigenvalue weighted by atomic mass is 9.84. The number of aryl methyl sites for hydroxylation is 1. The number of carbonyl (C=O) groups is 2. The van der Waals surface area contributed by atoms with Crippen LogP contribution in [0.3, 0.4) is 0 Å². The van der Waals surface area contributed by atoms with E-state index in [2.05, 4.69) is 34.5 Å². The normalized spacial score (nSPS) is 17.2. The first kappa shape index (κ1) is 20.8. The topological polar surface area (TPSA) is 68.1 Å². The maximum absolute atomic E-state index is 13.0. The van der Waals surface area contributed by atoms with E-state index in [9.17, 15) is 9.59 Å². The number of carbonyl (C=O) groups excluding carboxylic acids is 2. The highest BCUT2D eigenvalue weighted by atomic mass is 32.2. The third kappa shape index (κ3) is 3.71. The zero-order valence-corrected chi connectivity index (χ0v) is 18.7. The summed E-state index contributed by atoms with van der Waals surface area (Å²) < 4.78 is 1.73. The number of rotatable bonds is 5. The zero-order chi connectivity index (χ0) is 21.3. The van der Waals surface area contributed by atoms with Gasteiger partial charge in [0.25, 0.3) is 0 Å². The highest BCUT2D eigenvalue weighted by molar-refractivity contribution is 8.04. The lowest BCUT2D eigenvalue weighted by Gasteiger charge is -2.33. The highest BCUT2D eigenvalue weighted by Crippen LogP contribution is 2.41. The van der Waals surface area contributed by atoms with Crippen LogP contribution in [0.25, 0.3) is 5.70 Å². The van der Waals surface area contributed by atoms with Crippen molar-refractivity contribution in [3.63, 3.8) is 0 Å². The molecule has 1 amide bonds. The Hall–Kier alpha value is -2.41. The van der Waals surface area contributed by atoms with Crippen LogP contribution in [0.1, 0.15) is 81.7 Å². The molecule has 6 nitrogen and oxygen atoms in total. The second-order valence-electron chi connectivity index (χ2n) is 7.91. The number of ketones is 1. The number of hydrogen-bond acceptors (Lipinski definition) is 5. The summed E-state index contributed by atoms with van der Waals surface area (Å²) in [6.45, 7) is 5.49. The smallest absolute Gasteiger partial charge is 0.246 e. The molecule has 2 heterocycles. The van der Waals surface area contributed by atoms with Gasteiger partial charge in [0.05, 0.1) is 10.6 Å². The van der Waals surface area contributed by atoms with Gasteiger partial charge in [-0.25, -0.2) is 9.69 Å². The van der Waals surface area contributed by atoms with Crippen LogP contribution < -0.4 is 5.01 Å². The van der Waals surface area contributed by atoms with Crippen LogP contribution in [-0.2, 0) is 9.59 Å². The van der Waals surface area contributed by atoms with E-state index in [1.807, 2.05) is 20.8 Å². The molecule has 2 aromatic rings. The van der Waals surface area contributed by atoms with E-state index >= 15 is 0 Å². The molecule has 4 rings (SSSR count). The Bertz CT molecular complexity index is 987. The van der Waals surface area contributed by atoms with E-state index < -0.39 is 0 Å².